The Balaban J connectivity index is 0.00000320. The van der Waals surface area contributed by atoms with Gasteiger partial charge in [-0.2, -0.15) is 0 Å². The second-order valence-electron chi connectivity index (χ2n) is 9.18. The van der Waals surface area contributed by atoms with Crippen LogP contribution in [0.25, 0.3) is 11.3 Å². The number of aromatic carboxylic acids is 1. The topological polar surface area (TPSA) is 87.5 Å². The molecule has 0 bridgehead atoms. The molecule has 5 rings (SSSR count). The van der Waals surface area contributed by atoms with Crippen molar-refractivity contribution < 1.29 is 9.90 Å². The molecule has 188 valence electrons. The number of carbonyl (C=O) groups is 1. The van der Waals surface area contributed by atoms with E-state index >= 15 is 0 Å². The predicted molar refractivity (Wildman–Crippen MR) is 150 cm³/mol. The van der Waals surface area contributed by atoms with Gasteiger partial charge in [0.25, 0.3) is 0 Å². The molecule has 2 heterocycles. The van der Waals surface area contributed by atoms with E-state index in [2.05, 4.69) is 42.3 Å². The van der Waals surface area contributed by atoms with Gasteiger partial charge < -0.3 is 10.4 Å². The lowest BCUT2D eigenvalue weighted by molar-refractivity contribution is 0.0697. The van der Waals surface area contributed by atoms with E-state index < -0.39 is 5.97 Å². The van der Waals surface area contributed by atoms with Crippen molar-refractivity contribution in [2.24, 2.45) is 10.9 Å². The highest BCUT2D eigenvalue weighted by atomic mass is 35.5. The predicted octanol–water partition coefficient (Wildman–Crippen LogP) is 7.42. The Morgan fingerprint density at radius 1 is 1.03 bits per heavy atom. The van der Waals surface area contributed by atoms with Crippen LogP contribution in [0.1, 0.15) is 53.9 Å². The van der Waals surface area contributed by atoms with E-state index in [0.717, 1.165) is 40.1 Å². The second kappa shape index (κ2) is 10.9. The molecule has 3 aromatic carbocycles. The summed E-state index contributed by atoms with van der Waals surface area (Å²) in [5.41, 5.74) is 7.77. The number of carboxylic acid groups (broad SMARTS) is 1. The van der Waals surface area contributed by atoms with Gasteiger partial charge in [-0.25, -0.2) is 14.8 Å². The summed E-state index contributed by atoms with van der Waals surface area (Å²) in [4.78, 5) is 25.5. The Kier molecular flexibility index (Phi) is 7.69. The molecule has 1 aromatic heterocycles. The van der Waals surface area contributed by atoms with E-state index in [0.29, 0.717) is 29.1 Å². The van der Waals surface area contributed by atoms with Gasteiger partial charge in [-0.3, -0.25) is 4.99 Å². The van der Waals surface area contributed by atoms with E-state index in [1.54, 1.807) is 30.5 Å². The second-order valence-corrected chi connectivity index (χ2v) is 9.62. The van der Waals surface area contributed by atoms with Gasteiger partial charge in [0.15, 0.2) is 0 Å². The normalized spacial score (nSPS) is 12.1. The van der Waals surface area contributed by atoms with Gasteiger partial charge in [-0.05, 0) is 54.3 Å². The fourth-order valence-corrected chi connectivity index (χ4v) is 4.58. The maximum absolute atomic E-state index is 11.1. The van der Waals surface area contributed by atoms with Gasteiger partial charge >= 0.3 is 5.97 Å². The first-order valence-electron chi connectivity index (χ1n) is 11.8. The van der Waals surface area contributed by atoms with Crippen molar-refractivity contribution in [3.8, 4) is 11.3 Å². The minimum Gasteiger partial charge on any atom is -0.478 e. The lowest BCUT2D eigenvalue weighted by Crippen LogP contribution is -2.10. The molecule has 37 heavy (non-hydrogen) atoms. The highest BCUT2D eigenvalue weighted by molar-refractivity contribution is 6.31. The number of anilines is 2. The number of benzene rings is 3. The van der Waals surface area contributed by atoms with E-state index in [1.807, 2.05) is 24.3 Å². The highest BCUT2D eigenvalue weighted by Crippen LogP contribution is 2.34. The quantitative estimate of drug-likeness (QED) is 0.280. The minimum atomic E-state index is -0.969. The molecular weight excluding hydrogens is 484 g/mol. The van der Waals surface area contributed by atoms with E-state index in [4.69, 9.17) is 26.7 Å². The molecule has 0 spiro atoms. The third kappa shape index (κ3) is 5.54. The molecule has 0 saturated heterocycles. The SMILES string of the molecule is C.CC(C)Cc1ccccc1C1=NCc2cnc(Nc3ccc(C(=O)O)cc3)nc2-c2ccc(Cl)cc21. The van der Waals surface area contributed by atoms with Crippen LogP contribution in [0, 0.1) is 5.92 Å². The maximum Gasteiger partial charge on any atom is 0.335 e. The van der Waals surface area contributed by atoms with Gasteiger partial charge in [-0.1, -0.05) is 63.2 Å². The first-order valence-corrected chi connectivity index (χ1v) is 12.2. The van der Waals surface area contributed by atoms with Crippen LogP contribution in [0.15, 0.2) is 77.9 Å². The first-order chi connectivity index (χ1) is 17.4. The van der Waals surface area contributed by atoms with Gasteiger partial charge in [0.2, 0.25) is 5.95 Å². The molecule has 1 aliphatic heterocycles. The average molecular weight is 513 g/mol. The zero-order valence-corrected chi connectivity index (χ0v) is 20.8. The summed E-state index contributed by atoms with van der Waals surface area (Å²) in [7, 11) is 0. The van der Waals surface area contributed by atoms with Crippen LogP contribution in [0.3, 0.4) is 0 Å². The average Bonchev–Trinajstić information content (AvgIpc) is 3.01. The number of hydrogen-bond donors (Lipinski definition) is 2. The number of aliphatic imine (C=N–C) groups is 1. The molecule has 2 N–H and O–H groups in total. The molecular formula is C30H29ClN4O2. The summed E-state index contributed by atoms with van der Waals surface area (Å²) >= 11 is 6.47. The summed E-state index contributed by atoms with van der Waals surface area (Å²) in [6.45, 7) is 4.87. The number of fused-ring (bicyclic) bond motifs is 3. The number of aromatic nitrogens is 2. The molecule has 0 saturated carbocycles. The molecule has 0 atom stereocenters. The number of hydrogen-bond acceptors (Lipinski definition) is 5. The Hall–Kier alpha value is -4.03. The Bertz CT molecular complexity index is 1480. The fourth-order valence-electron chi connectivity index (χ4n) is 4.41. The zero-order valence-electron chi connectivity index (χ0n) is 20.0. The molecule has 6 nitrogen and oxygen atoms in total. The van der Waals surface area contributed by atoms with Crippen LogP contribution < -0.4 is 5.32 Å². The number of halogens is 1. The molecule has 0 aliphatic carbocycles. The summed E-state index contributed by atoms with van der Waals surface area (Å²) in [5.74, 6) is -0.0390. The van der Waals surface area contributed by atoms with Gasteiger partial charge in [0.1, 0.15) is 0 Å². The number of nitrogens with zero attached hydrogens (tertiary/aromatic N) is 3. The van der Waals surface area contributed by atoms with Crippen LogP contribution in [-0.2, 0) is 13.0 Å². The third-order valence-corrected chi connectivity index (χ3v) is 6.29. The Morgan fingerprint density at radius 2 is 1.78 bits per heavy atom. The molecule has 0 radical (unpaired) electrons. The summed E-state index contributed by atoms with van der Waals surface area (Å²) < 4.78 is 0. The lowest BCUT2D eigenvalue weighted by Gasteiger charge is -2.16. The van der Waals surface area contributed by atoms with Crippen molar-refractivity contribution >= 4 is 34.9 Å². The van der Waals surface area contributed by atoms with Crippen LogP contribution in [0.4, 0.5) is 11.6 Å². The maximum atomic E-state index is 11.1. The number of nitrogens with one attached hydrogen (secondary N) is 1. The Morgan fingerprint density at radius 3 is 2.51 bits per heavy atom. The fraction of sp³-hybridized carbons (Fsp3) is 0.200. The molecule has 1 aliphatic rings. The zero-order chi connectivity index (χ0) is 25.2. The summed E-state index contributed by atoms with van der Waals surface area (Å²) in [5, 5.41) is 12.9. The van der Waals surface area contributed by atoms with E-state index in [-0.39, 0.29) is 13.0 Å². The van der Waals surface area contributed by atoms with E-state index in [9.17, 15) is 4.79 Å². The van der Waals surface area contributed by atoms with Crippen molar-refractivity contribution in [1.29, 1.82) is 0 Å². The van der Waals surface area contributed by atoms with Crippen LogP contribution in [0.2, 0.25) is 5.02 Å². The van der Waals surface area contributed by atoms with Crippen molar-refractivity contribution in [2.45, 2.75) is 34.2 Å². The van der Waals surface area contributed by atoms with Crippen molar-refractivity contribution in [3.05, 3.63) is 106 Å². The van der Waals surface area contributed by atoms with Gasteiger partial charge in [-0.15, -0.1) is 0 Å². The molecule has 0 unspecified atom stereocenters. The van der Waals surface area contributed by atoms with Crippen molar-refractivity contribution in [2.75, 3.05) is 5.32 Å². The Labute approximate surface area is 222 Å². The molecule has 4 aromatic rings. The summed E-state index contributed by atoms with van der Waals surface area (Å²) in [6.07, 6.45) is 2.74. The highest BCUT2D eigenvalue weighted by Gasteiger charge is 2.23. The van der Waals surface area contributed by atoms with Crippen LogP contribution >= 0.6 is 11.6 Å². The lowest BCUT2D eigenvalue weighted by atomic mass is 9.90. The largest absolute Gasteiger partial charge is 0.478 e. The standard InChI is InChI=1S/C29H25ClN4O2.CH4/c1-17(2)13-19-5-3-4-6-23(19)27-25-14-21(30)9-12-24(25)26-20(15-31-27)16-32-29(34-26)33-22-10-7-18(8-11-22)28(35)36;/h3-12,14,16-17H,13,15H2,1-2H3,(H,35,36)(H,32,33,34);1H4. The van der Waals surface area contributed by atoms with Gasteiger partial charge in [0.05, 0.1) is 23.5 Å². The molecule has 7 heteroatoms. The van der Waals surface area contributed by atoms with Crippen LogP contribution in [-0.4, -0.2) is 26.8 Å². The van der Waals surface area contributed by atoms with Crippen molar-refractivity contribution in [1.82, 2.24) is 9.97 Å². The number of carboxylic acids is 1. The van der Waals surface area contributed by atoms with Crippen molar-refractivity contribution in [3.63, 3.8) is 0 Å². The van der Waals surface area contributed by atoms with Gasteiger partial charge in [0, 0.05) is 39.2 Å². The minimum absolute atomic E-state index is 0. The molecule has 0 amide bonds. The number of rotatable bonds is 6. The van der Waals surface area contributed by atoms with Crippen LogP contribution in [0.5, 0.6) is 0 Å². The first kappa shape index (κ1) is 26.0. The molecule has 0 fully saturated rings. The summed E-state index contributed by atoms with van der Waals surface area (Å²) in [6, 6.07) is 20.7. The third-order valence-electron chi connectivity index (χ3n) is 6.05. The monoisotopic (exact) mass is 512 g/mol. The van der Waals surface area contributed by atoms with E-state index in [1.165, 1.54) is 5.56 Å². The smallest absolute Gasteiger partial charge is 0.335 e.